The average molecular weight is 423 g/mol. The normalized spacial score (nSPS) is 11.2. The molecule has 30 heavy (non-hydrogen) atoms. The summed E-state index contributed by atoms with van der Waals surface area (Å²) in [6.07, 6.45) is -4.71. The predicted octanol–water partition coefficient (Wildman–Crippen LogP) is 3.85. The molecule has 1 aromatic heterocycles. The highest BCUT2D eigenvalue weighted by Gasteiger charge is 2.33. The molecule has 0 spiro atoms. The van der Waals surface area contributed by atoms with Gasteiger partial charge in [0.05, 0.1) is 19.8 Å². The summed E-state index contributed by atoms with van der Waals surface area (Å²) in [5.41, 5.74) is -2.15. The van der Waals surface area contributed by atoms with Gasteiger partial charge in [0.15, 0.2) is 6.61 Å². The lowest BCUT2D eigenvalue weighted by Crippen LogP contribution is -2.20. The van der Waals surface area contributed by atoms with E-state index in [2.05, 4.69) is 5.32 Å². The number of benzene rings is 2. The first-order valence-corrected chi connectivity index (χ1v) is 8.50. The molecule has 0 fully saturated rings. The van der Waals surface area contributed by atoms with E-state index in [0.717, 1.165) is 12.1 Å². The summed E-state index contributed by atoms with van der Waals surface area (Å²) in [5, 5.41) is 2.30. The van der Waals surface area contributed by atoms with Gasteiger partial charge in [-0.05, 0) is 12.1 Å². The van der Waals surface area contributed by atoms with Crippen molar-refractivity contribution in [1.82, 2.24) is 0 Å². The van der Waals surface area contributed by atoms with Gasteiger partial charge in [-0.1, -0.05) is 0 Å². The standard InChI is InChI=1S/C20H16F3NO6/c1-27-13-5-11(6-14(7-13)28-2)24-18(25)10-29-12-3-4-15-16(20(21,22)23)9-19(26)30-17(15)8-12/h3-9H,10H2,1-2H3,(H,24,25). The van der Waals surface area contributed by atoms with Crippen LogP contribution in [0, 0.1) is 0 Å². The lowest BCUT2D eigenvalue weighted by molar-refractivity contribution is -0.136. The van der Waals surface area contributed by atoms with Crippen LogP contribution in [0.5, 0.6) is 17.2 Å². The second-order valence-electron chi connectivity index (χ2n) is 6.07. The summed E-state index contributed by atoms with van der Waals surface area (Å²) in [6, 6.07) is 8.64. The SMILES string of the molecule is COc1cc(NC(=O)COc2ccc3c(C(F)(F)F)cc(=O)oc3c2)cc(OC)c1. The quantitative estimate of drug-likeness (QED) is 0.606. The molecule has 7 nitrogen and oxygen atoms in total. The number of fused-ring (bicyclic) bond motifs is 1. The summed E-state index contributed by atoms with van der Waals surface area (Å²) in [6.45, 7) is -0.436. The fourth-order valence-corrected chi connectivity index (χ4v) is 2.69. The van der Waals surface area contributed by atoms with E-state index in [-0.39, 0.29) is 16.7 Å². The minimum absolute atomic E-state index is 0.0587. The number of anilines is 1. The van der Waals surface area contributed by atoms with Crippen molar-refractivity contribution >= 4 is 22.6 Å². The van der Waals surface area contributed by atoms with E-state index in [1.807, 2.05) is 0 Å². The smallest absolute Gasteiger partial charge is 0.417 e. The Balaban J connectivity index is 1.74. The maximum Gasteiger partial charge on any atom is 0.417 e. The van der Waals surface area contributed by atoms with Gasteiger partial charge in [-0.15, -0.1) is 0 Å². The number of amides is 1. The molecule has 0 atom stereocenters. The summed E-state index contributed by atoms with van der Waals surface area (Å²) >= 11 is 0. The van der Waals surface area contributed by atoms with Crippen molar-refractivity contribution in [1.29, 1.82) is 0 Å². The van der Waals surface area contributed by atoms with Crippen LogP contribution in [0.15, 0.2) is 51.7 Å². The molecule has 0 radical (unpaired) electrons. The van der Waals surface area contributed by atoms with Crippen LogP contribution in [0.3, 0.4) is 0 Å². The van der Waals surface area contributed by atoms with E-state index in [0.29, 0.717) is 23.3 Å². The summed E-state index contributed by atoms with van der Waals surface area (Å²) in [4.78, 5) is 23.6. The number of nitrogens with one attached hydrogen (secondary N) is 1. The third-order valence-corrected chi connectivity index (χ3v) is 4.03. The number of carbonyl (C=O) groups excluding carboxylic acids is 1. The second kappa shape index (κ2) is 8.36. The molecule has 3 aromatic rings. The van der Waals surface area contributed by atoms with Crippen molar-refractivity contribution in [3.05, 3.63) is 58.4 Å². The van der Waals surface area contributed by atoms with Crippen molar-refractivity contribution in [3.8, 4) is 17.2 Å². The van der Waals surface area contributed by atoms with E-state index in [9.17, 15) is 22.8 Å². The Kier molecular flexibility index (Phi) is 5.86. The van der Waals surface area contributed by atoms with Gasteiger partial charge in [-0.25, -0.2) is 4.79 Å². The van der Waals surface area contributed by atoms with Gasteiger partial charge < -0.3 is 23.9 Å². The summed E-state index contributed by atoms with van der Waals surface area (Å²) in [7, 11) is 2.93. The van der Waals surface area contributed by atoms with E-state index < -0.39 is 29.9 Å². The van der Waals surface area contributed by atoms with E-state index >= 15 is 0 Å². The van der Waals surface area contributed by atoms with Crippen molar-refractivity contribution < 1.29 is 36.6 Å². The number of halogens is 3. The van der Waals surface area contributed by atoms with Gasteiger partial charge in [-0.2, -0.15) is 13.2 Å². The van der Waals surface area contributed by atoms with E-state index in [1.165, 1.54) is 20.3 Å². The molecule has 1 amide bonds. The third-order valence-electron chi connectivity index (χ3n) is 4.03. The van der Waals surface area contributed by atoms with Crippen molar-refractivity contribution in [3.63, 3.8) is 0 Å². The highest BCUT2D eigenvalue weighted by atomic mass is 19.4. The Bertz CT molecular complexity index is 1120. The summed E-state index contributed by atoms with van der Waals surface area (Å²) in [5.74, 6) is 0.463. The molecular formula is C20H16F3NO6. The monoisotopic (exact) mass is 423 g/mol. The molecule has 0 saturated carbocycles. The molecule has 3 rings (SSSR count). The van der Waals surface area contributed by atoms with Gasteiger partial charge in [-0.3, -0.25) is 4.79 Å². The zero-order chi connectivity index (χ0) is 21.9. The van der Waals surface area contributed by atoms with Gasteiger partial charge in [0, 0.05) is 41.4 Å². The molecule has 0 aliphatic carbocycles. The van der Waals surface area contributed by atoms with Crippen LogP contribution in [0.25, 0.3) is 11.0 Å². The molecule has 0 unspecified atom stereocenters. The highest BCUT2D eigenvalue weighted by molar-refractivity contribution is 5.92. The molecule has 0 bridgehead atoms. The number of carbonyl (C=O) groups is 1. The molecule has 158 valence electrons. The average Bonchev–Trinajstić information content (AvgIpc) is 2.70. The Morgan fingerprint density at radius 3 is 2.27 bits per heavy atom. The van der Waals surface area contributed by atoms with Gasteiger partial charge in [0.1, 0.15) is 22.8 Å². The molecule has 0 saturated heterocycles. The minimum Gasteiger partial charge on any atom is -0.497 e. The van der Waals surface area contributed by atoms with Crippen LogP contribution < -0.4 is 25.2 Å². The van der Waals surface area contributed by atoms with Crippen LogP contribution in [-0.2, 0) is 11.0 Å². The molecular weight excluding hydrogens is 407 g/mol. The fraction of sp³-hybridized carbons (Fsp3) is 0.200. The first-order chi connectivity index (χ1) is 14.2. The van der Waals surface area contributed by atoms with Gasteiger partial charge in [0.25, 0.3) is 5.91 Å². The number of alkyl halides is 3. The van der Waals surface area contributed by atoms with Crippen LogP contribution in [0.4, 0.5) is 18.9 Å². The molecule has 2 aromatic carbocycles. The molecule has 0 aliphatic heterocycles. The number of methoxy groups -OCH3 is 2. The van der Waals surface area contributed by atoms with Crippen molar-refractivity contribution in [2.75, 3.05) is 26.1 Å². The Morgan fingerprint density at radius 2 is 1.67 bits per heavy atom. The second-order valence-corrected chi connectivity index (χ2v) is 6.07. The minimum atomic E-state index is -4.71. The van der Waals surface area contributed by atoms with E-state index in [1.54, 1.807) is 18.2 Å². The topological polar surface area (TPSA) is 87.0 Å². The zero-order valence-electron chi connectivity index (χ0n) is 15.8. The van der Waals surface area contributed by atoms with Crippen LogP contribution in [0.2, 0.25) is 0 Å². The number of hydrogen-bond acceptors (Lipinski definition) is 6. The molecule has 10 heteroatoms. The molecule has 1 N–H and O–H groups in total. The lowest BCUT2D eigenvalue weighted by atomic mass is 10.1. The number of rotatable bonds is 6. The number of ether oxygens (including phenoxy) is 3. The first kappa shape index (κ1) is 21.0. The predicted molar refractivity (Wildman–Crippen MR) is 101 cm³/mol. The zero-order valence-corrected chi connectivity index (χ0v) is 15.8. The first-order valence-electron chi connectivity index (χ1n) is 8.50. The maximum absolute atomic E-state index is 13.1. The van der Waals surface area contributed by atoms with Crippen molar-refractivity contribution in [2.45, 2.75) is 6.18 Å². The summed E-state index contributed by atoms with van der Waals surface area (Å²) < 4.78 is 59.6. The van der Waals surface area contributed by atoms with Crippen LogP contribution >= 0.6 is 0 Å². The Labute approximate surface area is 168 Å². The fourth-order valence-electron chi connectivity index (χ4n) is 2.69. The van der Waals surface area contributed by atoms with Gasteiger partial charge in [0.2, 0.25) is 0 Å². The third kappa shape index (κ3) is 4.83. The van der Waals surface area contributed by atoms with Crippen LogP contribution in [-0.4, -0.2) is 26.7 Å². The van der Waals surface area contributed by atoms with E-state index in [4.69, 9.17) is 18.6 Å². The Morgan fingerprint density at radius 1 is 1.00 bits per heavy atom. The lowest BCUT2D eigenvalue weighted by Gasteiger charge is -2.12. The largest absolute Gasteiger partial charge is 0.497 e. The van der Waals surface area contributed by atoms with Crippen LogP contribution in [0.1, 0.15) is 5.56 Å². The molecule has 0 aliphatic rings. The molecule has 1 heterocycles. The Hall–Kier alpha value is -3.69. The van der Waals surface area contributed by atoms with Gasteiger partial charge >= 0.3 is 11.8 Å². The van der Waals surface area contributed by atoms with Crippen molar-refractivity contribution in [2.24, 2.45) is 0 Å². The number of hydrogen-bond donors (Lipinski definition) is 1. The highest BCUT2D eigenvalue weighted by Crippen LogP contribution is 2.34. The maximum atomic E-state index is 13.1.